The highest BCUT2D eigenvalue weighted by atomic mass is 15.3. The number of nitrogens with two attached hydrogens (primary N) is 1. The van der Waals surface area contributed by atoms with Crippen LogP contribution in [0.25, 0.3) is 0 Å². The number of anilines is 1. The van der Waals surface area contributed by atoms with Crippen molar-refractivity contribution in [3.8, 4) is 6.07 Å². The molecule has 5 nitrogen and oxygen atoms in total. The SMILES string of the molecule is N#Cc1cc(Cn2ccc(N)n2)ccn1. The molecule has 0 fully saturated rings. The molecule has 0 radical (unpaired) electrons. The van der Waals surface area contributed by atoms with E-state index in [1.165, 1.54) is 0 Å². The molecule has 0 amide bonds. The molecule has 74 valence electrons. The summed E-state index contributed by atoms with van der Waals surface area (Å²) < 4.78 is 1.71. The maximum Gasteiger partial charge on any atom is 0.145 e. The van der Waals surface area contributed by atoms with Gasteiger partial charge in [0.15, 0.2) is 0 Å². The summed E-state index contributed by atoms with van der Waals surface area (Å²) in [5.74, 6) is 0.490. The molecule has 2 rings (SSSR count). The van der Waals surface area contributed by atoms with Crippen molar-refractivity contribution in [3.05, 3.63) is 41.9 Å². The Morgan fingerprint density at radius 2 is 2.33 bits per heavy atom. The Balaban J connectivity index is 2.21. The molecule has 0 bridgehead atoms. The molecule has 2 heterocycles. The van der Waals surface area contributed by atoms with Crippen molar-refractivity contribution in [1.82, 2.24) is 14.8 Å². The van der Waals surface area contributed by atoms with Gasteiger partial charge in [-0.25, -0.2) is 4.98 Å². The Bertz CT molecular complexity index is 509. The summed E-state index contributed by atoms with van der Waals surface area (Å²) in [7, 11) is 0. The van der Waals surface area contributed by atoms with E-state index in [4.69, 9.17) is 11.0 Å². The second kappa shape index (κ2) is 3.80. The lowest BCUT2D eigenvalue weighted by Gasteiger charge is -2.01. The summed E-state index contributed by atoms with van der Waals surface area (Å²) in [6.07, 6.45) is 3.41. The van der Waals surface area contributed by atoms with E-state index >= 15 is 0 Å². The topological polar surface area (TPSA) is 80.5 Å². The smallest absolute Gasteiger partial charge is 0.145 e. The van der Waals surface area contributed by atoms with Crippen LogP contribution in [0.1, 0.15) is 11.3 Å². The minimum Gasteiger partial charge on any atom is -0.382 e. The first kappa shape index (κ1) is 9.21. The van der Waals surface area contributed by atoms with E-state index < -0.39 is 0 Å². The van der Waals surface area contributed by atoms with Gasteiger partial charge in [0.1, 0.15) is 17.6 Å². The predicted octanol–water partition coefficient (Wildman–Crippen LogP) is 0.780. The van der Waals surface area contributed by atoms with Crippen LogP contribution < -0.4 is 5.73 Å². The first-order chi connectivity index (χ1) is 7.28. The van der Waals surface area contributed by atoms with Gasteiger partial charge in [-0.2, -0.15) is 10.4 Å². The van der Waals surface area contributed by atoms with Crippen LogP contribution >= 0.6 is 0 Å². The Kier molecular flexibility index (Phi) is 2.33. The van der Waals surface area contributed by atoms with Gasteiger partial charge in [0.2, 0.25) is 0 Å². The average molecular weight is 199 g/mol. The van der Waals surface area contributed by atoms with E-state index in [1.54, 1.807) is 29.2 Å². The van der Waals surface area contributed by atoms with Gasteiger partial charge in [0, 0.05) is 12.4 Å². The monoisotopic (exact) mass is 199 g/mol. The van der Waals surface area contributed by atoms with Crippen LogP contribution in [0.4, 0.5) is 5.82 Å². The fourth-order valence-corrected chi connectivity index (χ4v) is 1.29. The van der Waals surface area contributed by atoms with Crippen molar-refractivity contribution in [1.29, 1.82) is 5.26 Å². The lowest BCUT2D eigenvalue weighted by atomic mass is 10.2. The molecular weight excluding hydrogens is 190 g/mol. The van der Waals surface area contributed by atoms with Crippen molar-refractivity contribution in [2.24, 2.45) is 0 Å². The molecule has 5 heteroatoms. The van der Waals surface area contributed by atoms with Crippen LogP contribution in [-0.4, -0.2) is 14.8 Å². The zero-order chi connectivity index (χ0) is 10.7. The van der Waals surface area contributed by atoms with Crippen molar-refractivity contribution >= 4 is 5.82 Å². The van der Waals surface area contributed by atoms with E-state index in [-0.39, 0.29) is 0 Å². The Hall–Kier alpha value is -2.35. The number of nitriles is 1. The first-order valence-electron chi connectivity index (χ1n) is 4.42. The fourth-order valence-electron chi connectivity index (χ4n) is 1.29. The predicted molar refractivity (Wildman–Crippen MR) is 54.7 cm³/mol. The van der Waals surface area contributed by atoms with Gasteiger partial charge >= 0.3 is 0 Å². The Morgan fingerprint density at radius 3 is 3.00 bits per heavy atom. The van der Waals surface area contributed by atoms with E-state index in [1.807, 2.05) is 12.1 Å². The maximum atomic E-state index is 8.68. The summed E-state index contributed by atoms with van der Waals surface area (Å²) in [5.41, 5.74) is 6.88. The third kappa shape index (κ3) is 2.11. The van der Waals surface area contributed by atoms with Gasteiger partial charge in [-0.3, -0.25) is 4.68 Å². The fraction of sp³-hybridized carbons (Fsp3) is 0.100. The first-order valence-corrected chi connectivity index (χ1v) is 4.42. The van der Waals surface area contributed by atoms with Crippen LogP contribution in [0.5, 0.6) is 0 Å². The van der Waals surface area contributed by atoms with Gasteiger partial charge in [-0.15, -0.1) is 0 Å². The maximum absolute atomic E-state index is 8.68. The van der Waals surface area contributed by atoms with Crippen molar-refractivity contribution in [3.63, 3.8) is 0 Å². The summed E-state index contributed by atoms with van der Waals surface area (Å²) in [6, 6.07) is 7.30. The second-order valence-corrected chi connectivity index (χ2v) is 3.10. The molecule has 2 aromatic rings. The van der Waals surface area contributed by atoms with Gasteiger partial charge in [0.25, 0.3) is 0 Å². The highest BCUT2D eigenvalue weighted by molar-refractivity contribution is 5.27. The van der Waals surface area contributed by atoms with Gasteiger partial charge in [0.05, 0.1) is 6.54 Å². The number of hydrogen-bond acceptors (Lipinski definition) is 4. The third-order valence-corrected chi connectivity index (χ3v) is 1.94. The number of nitrogens with zero attached hydrogens (tertiary/aromatic N) is 4. The van der Waals surface area contributed by atoms with Crippen LogP contribution in [0, 0.1) is 11.3 Å². The molecule has 2 aromatic heterocycles. The molecule has 0 saturated heterocycles. The quantitative estimate of drug-likeness (QED) is 0.775. The normalized spacial score (nSPS) is 9.80. The molecule has 0 unspecified atom stereocenters. The molecule has 0 aliphatic heterocycles. The molecule has 0 spiro atoms. The summed E-state index contributed by atoms with van der Waals surface area (Å²) >= 11 is 0. The number of hydrogen-bond donors (Lipinski definition) is 1. The lowest BCUT2D eigenvalue weighted by molar-refractivity contribution is 0.689. The average Bonchev–Trinajstić information content (AvgIpc) is 2.64. The minimum atomic E-state index is 0.410. The molecule has 0 saturated carbocycles. The molecule has 0 aliphatic rings. The number of rotatable bonds is 2. The molecular formula is C10H9N5. The van der Waals surface area contributed by atoms with Crippen molar-refractivity contribution in [2.75, 3.05) is 5.73 Å². The number of aromatic nitrogens is 3. The third-order valence-electron chi connectivity index (χ3n) is 1.94. The molecule has 15 heavy (non-hydrogen) atoms. The second-order valence-electron chi connectivity index (χ2n) is 3.10. The summed E-state index contributed by atoms with van der Waals surface area (Å²) in [6.45, 7) is 0.592. The van der Waals surface area contributed by atoms with E-state index in [9.17, 15) is 0 Å². The van der Waals surface area contributed by atoms with E-state index in [2.05, 4.69) is 10.1 Å². The molecule has 0 atom stereocenters. The highest BCUT2D eigenvalue weighted by Gasteiger charge is 1.99. The Labute approximate surface area is 86.8 Å². The zero-order valence-corrected chi connectivity index (χ0v) is 7.96. The van der Waals surface area contributed by atoms with Crippen LogP contribution in [0.2, 0.25) is 0 Å². The molecule has 0 aliphatic carbocycles. The summed E-state index contributed by atoms with van der Waals surface area (Å²) in [5, 5.41) is 12.7. The highest BCUT2D eigenvalue weighted by Crippen LogP contribution is 2.04. The van der Waals surface area contributed by atoms with Gasteiger partial charge in [-0.1, -0.05) is 0 Å². The van der Waals surface area contributed by atoms with Crippen LogP contribution in [0.15, 0.2) is 30.6 Å². The van der Waals surface area contributed by atoms with Crippen molar-refractivity contribution < 1.29 is 0 Å². The number of pyridine rings is 1. The van der Waals surface area contributed by atoms with Crippen LogP contribution in [-0.2, 0) is 6.54 Å². The lowest BCUT2D eigenvalue weighted by Crippen LogP contribution is -2.01. The van der Waals surface area contributed by atoms with E-state index in [0.717, 1.165) is 5.56 Å². The largest absolute Gasteiger partial charge is 0.382 e. The Morgan fingerprint density at radius 1 is 1.47 bits per heavy atom. The van der Waals surface area contributed by atoms with Crippen LogP contribution in [0.3, 0.4) is 0 Å². The zero-order valence-electron chi connectivity index (χ0n) is 7.96. The van der Waals surface area contributed by atoms with Crippen molar-refractivity contribution in [2.45, 2.75) is 6.54 Å². The minimum absolute atomic E-state index is 0.410. The number of nitrogen functional groups attached to an aromatic ring is 1. The standard InChI is InChI=1S/C10H9N5/c11-6-9-5-8(1-3-13-9)7-15-4-2-10(12)14-15/h1-5H,7H2,(H2,12,14). The molecule has 2 N–H and O–H groups in total. The molecule has 0 aromatic carbocycles. The van der Waals surface area contributed by atoms with E-state index in [0.29, 0.717) is 18.1 Å². The van der Waals surface area contributed by atoms with Gasteiger partial charge < -0.3 is 5.73 Å². The summed E-state index contributed by atoms with van der Waals surface area (Å²) in [4.78, 5) is 3.89. The van der Waals surface area contributed by atoms with Gasteiger partial charge in [-0.05, 0) is 23.8 Å².